The molecule has 2 heteroatoms. The molecule has 2 nitrogen and oxygen atoms in total. The molecule has 0 aliphatic heterocycles. The van der Waals surface area contributed by atoms with Gasteiger partial charge in [0.25, 0.3) is 0 Å². The van der Waals surface area contributed by atoms with Gasteiger partial charge >= 0.3 is 0 Å². The highest BCUT2D eigenvalue weighted by Crippen LogP contribution is 2.31. The van der Waals surface area contributed by atoms with Crippen molar-refractivity contribution < 1.29 is 4.74 Å². The summed E-state index contributed by atoms with van der Waals surface area (Å²) in [6, 6.07) is 12.9. The van der Waals surface area contributed by atoms with Crippen LogP contribution in [-0.4, -0.2) is 12.6 Å². The summed E-state index contributed by atoms with van der Waals surface area (Å²) in [5.74, 6) is 1.07. The Balaban J connectivity index is 1.95. The first-order valence-electron chi connectivity index (χ1n) is 7.76. The predicted molar refractivity (Wildman–Crippen MR) is 84.2 cm³/mol. The first-order valence-corrected chi connectivity index (χ1v) is 7.76. The molecule has 1 N–H and O–H groups in total. The summed E-state index contributed by atoms with van der Waals surface area (Å²) in [7, 11) is 0. The zero-order valence-electron chi connectivity index (χ0n) is 12.2. The molecule has 1 aliphatic rings. The molecule has 0 heterocycles. The summed E-state index contributed by atoms with van der Waals surface area (Å²) in [5.41, 5.74) is 1.30. The average molecular weight is 269 g/mol. The molecule has 0 amide bonds. The van der Waals surface area contributed by atoms with Crippen molar-refractivity contribution in [3.8, 4) is 5.75 Å². The molecule has 2 aromatic rings. The first-order chi connectivity index (χ1) is 9.88. The maximum atomic E-state index is 6.27. The second kappa shape index (κ2) is 6.27. The van der Waals surface area contributed by atoms with E-state index >= 15 is 0 Å². The Kier molecular flexibility index (Phi) is 4.22. The zero-order chi connectivity index (χ0) is 13.8. The predicted octanol–water partition coefficient (Wildman–Crippen LogP) is 4.27. The number of nitrogens with one attached hydrogen (secondary N) is 1. The Labute approximate surface area is 121 Å². The maximum absolute atomic E-state index is 6.27. The molecular formula is C18H23NO. The molecule has 0 atom stereocenters. The molecular weight excluding hydrogens is 246 g/mol. The van der Waals surface area contributed by atoms with Crippen LogP contribution in [0.5, 0.6) is 5.75 Å². The number of hydrogen-bond donors (Lipinski definition) is 1. The minimum Gasteiger partial charge on any atom is -0.490 e. The van der Waals surface area contributed by atoms with E-state index in [1.165, 1.54) is 42.0 Å². The van der Waals surface area contributed by atoms with Gasteiger partial charge in [-0.05, 0) is 49.1 Å². The van der Waals surface area contributed by atoms with Crippen molar-refractivity contribution in [3.63, 3.8) is 0 Å². The van der Waals surface area contributed by atoms with E-state index in [0.29, 0.717) is 6.10 Å². The number of ether oxygens (including phenoxy) is 1. The lowest BCUT2D eigenvalue weighted by Crippen LogP contribution is -2.16. The van der Waals surface area contributed by atoms with Gasteiger partial charge in [-0.15, -0.1) is 0 Å². The van der Waals surface area contributed by atoms with Gasteiger partial charge in [-0.2, -0.15) is 0 Å². The number of benzene rings is 2. The lowest BCUT2D eigenvalue weighted by atomic mass is 10.0. The SMILES string of the molecule is CCNCc1c(OC2CCCC2)ccc2ccccc12. The van der Waals surface area contributed by atoms with Crippen molar-refractivity contribution in [2.45, 2.75) is 45.3 Å². The van der Waals surface area contributed by atoms with Crippen molar-refractivity contribution in [2.75, 3.05) is 6.54 Å². The lowest BCUT2D eigenvalue weighted by molar-refractivity contribution is 0.208. The Bertz CT molecular complexity index is 573. The fourth-order valence-electron chi connectivity index (χ4n) is 3.04. The molecule has 20 heavy (non-hydrogen) atoms. The van der Waals surface area contributed by atoms with Crippen LogP contribution < -0.4 is 10.1 Å². The van der Waals surface area contributed by atoms with E-state index in [9.17, 15) is 0 Å². The topological polar surface area (TPSA) is 21.3 Å². The maximum Gasteiger partial charge on any atom is 0.124 e. The lowest BCUT2D eigenvalue weighted by Gasteiger charge is -2.18. The van der Waals surface area contributed by atoms with Crippen molar-refractivity contribution in [3.05, 3.63) is 42.0 Å². The highest BCUT2D eigenvalue weighted by Gasteiger charge is 2.18. The molecule has 0 saturated heterocycles. The average Bonchev–Trinajstić information content (AvgIpc) is 2.99. The van der Waals surface area contributed by atoms with Gasteiger partial charge in [0.2, 0.25) is 0 Å². The van der Waals surface area contributed by atoms with E-state index in [1.807, 2.05) is 0 Å². The van der Waals surface area contributed by atoms with Crippen molar-refractivity contribution in [2.24, 2.45) is 0 Å². The van der Waals surface area contributed by atoms with Crippen LogP contribution >= 0.6 is 0 Å². The summed E-state index contributed by atoms with van der Waals surface area (Å²) in [5, 5.41) is 6.04. The summed E-state index contributed by atoms with van der Waals surface area (Å²) in [4.78, 5) is 0. The largest absolute Gasteiger partial charge is 0.490 e. The number of rotatable bonds is 5. The van der Waals surface area contributed by atoms with Crippen LogP contribution in [0, 0.1) is 0 Å². The summed E-state index contributed by atoms with van der Waals surface area (Å²) in [6.07, 6.45) is 5.43. The van der Waals surface area contributed by atoms with Gasteiger partial charge in [-0.3, -0.25) is 0 Å². The molecule has 1 saturated carbocycles. The molecule has 0 unspecified atom stereocenters. The monoisotopic (exact) mass is 269 g/mol. The molecule has 2 aromatic carbocycles. The van der Waals surface area contributed by atoms with Gasteiger partial charge in [0.05, 0.1) is 6.10 Å². The van der Waals surface area contributed by atoms with Crippen LogP contribution in [0.15, 0.2) is 36.4 Å². The Morgan fingerprint density at radius 1 is 1.10 bits per heavy atom. The molecule has 0 radical (unpaired) electrons. The second-order valence-electron chi connectivity index (χ2n) is 5.57. The number of hydrogen-bond acceptors (Lipinski definition) is 2. The summed E-state index contributed by atoms with van der Waals surface area (Å²) < 4.78 is 6.27. The van der Waals surface area contributed by atoms with Gasteiger partial charge in [0.15, 0.2) is 0 Å². The van der Waals surface area contributed by atoms with Crippen molar-refractivity contribution in [1.82, 2.24) is 5.32 Å². The fourth-order valence-corrected chi connectivity index (χ4v) is 3.04. The van der Waals surface area contributed by atoms with Gasteiger partial charge in [-0.25, -0.2) is 0 Å². The van der Waals surface area contributed by atoms with Gasteiger partial charge in [0.1, 0.15) is 5.75 Å². The van der Waals surface area contributed by atoms with Crippen LogP contribution in [-0.2, 0) is 6.54 Å². The van der Waals surface area contributed by atoms with Crippen molar-refractivity contribution in [1.29, 1.82) is 0 Å². The normalized spacial score (nSPS) is 15.8. The quantitative estimate of drug-likeness (QED) is 0.875. The van der Waals surface area contributed by atoms with Crippen LogP contribution in [0.2, 0.25) is 0 Å². The minimum atomic E-state index is 0.413. The number of fused-ring (bicyclic) bond motifs is 1. The van der Waals surface area contributed by atoms with Crippen LogP contribution in [0.4, 0.5) is 0 Å². The highest BCUT2D eigenvalue weighted by molar-refractivity contribution is 5.87. The molecule has 106 valence electrons. The van der Waals surface area contributed by atoms with Gasteiger partial charge in [0, 0.05) is 12.1 Å². The highest BCUT2D eigenvalue weighted by atomic mass is 16.5. The van der Waals surface area contributed by atoms with Crippen molar-refractivity contribution >= 4 is 10.8 Å². The molecule has 3 rings (SSSR count). The van der Waals surface area contributed by atoms with E-state index in [1.54, 1.807) is 0 Å². The van der Waals surface area contributed by atoms with Gasteiger partial charge < -0.3 is 10.1 Å². The van der Waals surface area contributed by atoms with Crippen LogP contribution in [0.3, 0.4) is 0 Å². The van der Waals surface area contributed by atoms with Gasteiger partial charge in [-0.1, -0.05) is 37.3 Å². The third-order valence-corrected chi connectivity index (χ3v) is 4.15. The van der Waals surface area contributed by atoms with E-state index in [0.717, 1.165) is 18.8 Å². The third kappa shape index (κ3) is 2.80. The minimum absolute atomic E-state index is 0.413. The Morgan fingerprint density at radius 3 is 2.70 bits per heavy atom. The molecule has 1 aliphatic carbocycles. The van der Waals surface area contributed by atoms with Crippen LogP contribution in [0.1, 0.15) is 38.2 Å². The van der Waals surface area contributed by atoms with Crippen LogP contribution in [0.25, 0.3) is 10.8 Å². The van der Waals surface area contributed by atoms with E-state index in [2.05, 4.69) is 48.6 Å². The van der Waals surface area contributed by atoms with E-state index in [4.69, 9.17) is 4.74 Å². The smallest absolute Gasteiger partial charge is 0.124 e. The molecule has 0 spiro atoms. The molecule has 0 bridgehead atoms. The molecule has 1 fully saturated rings. The third-order valence-electron chi connectivity index (χ3n) is 4.15. The van der Waals surface area contributed by atoms with E-state index in [-0.39, 0.29) is 0 Å². The first kappa shape index (κ1) is 13.4. The summed E-state index contributed by atoms with van der Waals surface area (Å²) in [6.45, 7) is 3.99. The Morgan fingerprint density at radius 2 is 1.90 bits per heavy atom. The Hall–Kier alpha value is -1.54. The molecule has 0 aromatic heterocycles. The fraction of sp³-hybridized carbons (Fsp3) is 0.444. The second-order valence-corrected chi connectivity index (χ2v) is 5.57. The standard InChI is InChI=1S/C18H23NO/c1-2-19-13-17-16-10-6-3-7-14(16)11-12-18(17)20-15-8-4-5-9-15/h3,6-7,10-12,15,19H,2,4-5,8-9,13H2,1H3. The van der Waals surface area contributed by atoms with E-state index < -0.39 is 0 Å². The zero-order valence-corrected chi connectivity index (χ0v) is 12.2. The summed E-state index contributed by atoms with van der Waals surface area (Å²) >= 11 is 0.